The van der Waals surface area contributed by atoms with Gasteiger partial charge < -0.3 is 14.3 Å². The zero-order valence-electron chi connectivity index (χ0n) is 16.5. The fourth-order valence-corrected chi connectivity index (χ4v) is 3.54. The Morgan fingerprint density at radius 2 is 1.90 bits per heavy atom. The van der Waals surface area contributed by atoms with Crippen LogP contribution in [-0.4, -0.2) is 24.7 Å². The van der Waals surface area contributed by atoms with Crippen molar-refractivity contribution in [3.05, 3.63) is 81.2 Å². The van der Waals surface area contributed by atoms with Crippen molar-refractivity contribution < 1.29 is 19.1 Å². The summed E-state index contributed by atoms with van der Waals surface area (Å²) in [4.78, 5) is 28.1. The largest absolute Gasteiger partial charge is 0.507 e. The van der Waals surface area contributed by atoms with Crippen LogP contribution in [0.4, 0.5) is 0 Å². The number of aldehydes is 1. The third-order valence-electron chi connectivity index (χ3n) is 5.01. The first-order valence-electron chi connectivity index (χ1n) is 9.33. The Hall–Kier alpha value is -3.93. The number of aryl methyl sites for hydroxylation is 1. The van der Waals surface area contributed by atoms with Crippen molar-refractivity contribution in [3.8, 4) is 11.5 Å². The lowest BCUT2D eigenvalue weighted by Gasteiger charge is -2.10. The summed E-state index contributed by atoms with van der Waals surface area (Å²) in [5.74, 6) is 0.708. The molecule has 1 heterocycles. The number of carbonyl (C=O) groups is 1. The number of nitrogens with zero attached hydrogens (tertiary/aromatic N) is 1. The lowest BCUT2D eigenvalue weighted by Crippen LogP contribution is -2.00. The maximum atomic E-state index is 11.9. The SMILES string of the molecule is COc1cccc(CN=Cc2cc(C=O)c3c(ccc4c(C)cc(=O)oc43)c2O)c1. The van der Waals surface area contributed by atoms with Crippen LogP contribution in [0.5, 0.6) is 11.5 Å². The highest BCUT2D eigenvalue weighted by atomic mass is 16.5. The Bertz CT molecular complexity index is 1370. The van der Waals surface area contributed by atoms with Crippen LogP contribution in [-0.2, 0) is 6.54 Å². The molecule has 0 saturated heterocycles. The van der Waals surface area contributed by atoms with E-state index in [9.17, 15) is 14.7 Å². The number of carbonyl (C=O) groups excluding carboxylic acids is 1. The second kappa shape index (κ2) is 7.83. The van der Waals surface area contributed by atoms with Crippen molar-refractivity contribution in [3.63, 3.8) is 0 Å². The highest BCUT2D eigenvalue weighted by Crippen LogP contribution is 2.35. The van der Waals surface area contributed by atoms with E-state index in [4.69, 9.17) is 9.15 Å². The summed E-state index contributed by atoms with van der Waals surface area (Å²) in [6.07, 6.45) is 2.21. The van der Waals surface area contributed by atoms with Crippen LogP contribution in [0.15, 0.2) is 62.7 Å². The number of phenolic OH excluding ortho intramolecular Hbond substituents is 1. The molecule has 0 aliphatic heterocycles. The first kappa shape index (κ1) is 19.4. The van der Waals surface area contributed by atoms with E-state index in [0.717, 1.165) is 16.9 Å². The zero-order valence-corrected chi connectivity index (χ0v) is 16.5. The number of fused-ring (bicyclic) bond motifs is 3. The third-order valence-corrected chi connectivity index (χ3v) is 5.01. The number of benzene rings is 3. The third kappa shape index (κ3) is 3.43. The maximum absolute atomic E-state index is 11.9. The predicted octanol–water partition coefficient (Wildman–Crippen LogP) is 4.40. The van der Waals surface area contributed by atoms with E-state index < -0.39 is 5.63 Å². The molecular weight excluding hydrogens is 382 g/mol. The van der Waals surface area contributed by atoms with Crippen LogP contribution in [0.2, 0.25) is 0 Å². The van der Waals surface area contributed by atoms with E-state index in [1.807, 2.05) is 24.3 Å². The number of methoxy groups -OCH3 is 1. The van der Waals surface area contributed by atoms with Gasteiger partial charge in [-0.25, -0.2) is 4.79 Å². The predicted molar refractivity (Wildman–Crippen MR) is 116 cm³/mol. The maximum Gasteiger partial charge on any atom is 0.336 e. The summed E-state index contributed by atoms with van der Waals surface area (Å²) in [5, 5.41) is 12.3. The second-order valence-corrected chi connectivity index (χ2v) is 6.96. The van der Waals surface area contributed by atoms with Crippen LogP contribution >= 0.6 is 0 Å². The van der Waals surface area contributed by atoms with Gasteiger partial charge in [0.15, 0.2) is 6.29 Å². The number of hydrogen-bond acceptors (Lipinski definition) is 6. The second-order valence-electron chi connectivity index (χ2n) is 6.96. The Balaban J connectivity index is 1.82. The molecule has 1 aromatic heterocycles. The molecule has 0 aliphatic rings. The van der Waals surface area contributed by atoms with Crippen molar-refractivity contribution in [1.82, 2.24) is 0 Å². The molecule has 150 valence electrons. The molecule has 0 bridgehead atoms. The van der Waals surface area contributed by atoms with Gasteiger partial charge in [-0.05, 0) is 42.3 Å². The molecule has 0 saturated carbocycles. The minimum absolute atomic E-state index is 0.0314. The first-order valence-corrected chi connectivity index (χ1v) is 9.33. The number of phenols is 1. The van der Waals surface area contributed by atoms with Gasteiger partial charge in [-0.3, -0.25) is 9.79 Å². The molecule has 0 unspecified atom stereocenters. The molecule has 0 radical (unpaired) electrons. The van der Waals surface area contributed by atoms with Gasteiger partial charge in [0, 0.05) is 39.6 Å². The number of aromatic hydroxyl groups is 1. The molecule has 6 nitrogen and oxygen atoms in total. The van der Waals surface area contributed by atoms with Crippen LogP contribution in [0.3, 0.4) is 0 Å². The number of hydrogen-bond donors (Lipinski definition) is 1. The minimum atomic E-state index is -0.507. The molecule has 0 spiro atoms. The average Bonchev–Trinajstić information content (AvgIpc) is 2.75. The van der Waals surface area contributed by atoms with Gasteiger partial charge in [0.2, 0.25) is 0 Å². The molecule has 3 aromatic carbocycles. The van der Waals surface area contributed by atoms with E-state index in [1.165, 1.54) is 12.3 Å². The summed E-state index contributed by atoms with van der Waals surface area (Å²) in [6, 6.07) is 14.0. The minimum Gasteiger partial charge on any atom is -0.507 e. The van der Waals surface area contributed by atoms with Gasteiger partial charge in [0.1, 0.15) is 17.1 Å². The van der Waals surface area contributed by atoms with Crippen molar-refractivity contribution >= 4 is 34.2 Å². The first-order chi connectivity index (χ1) is 14.5. The molecule has 0 aliphatic carbocycles. The number of ether oxygens (including phenoxy) is 1. The normalized spacial score (nSPS) is 11.4. The van der Waals surface area contributed by atoms with Crippen LogP contribution in [0.25, 0.3) is 21.7 Å². The lowest BCUT2D eigenvalue weighted by atomic mass is 9.97. The smallest absolute Gasteiger partial charge is 0.336 e. The Morgan fingerprint density at radius 1 is 1.10 bits per heavy atom. The molecule has 30 heavy (non-hydrogen) atoms. The van der Waals surface area contributed by atoms with Crippen molar-refractivity contribution in [2.45, 2.75) is 13.5 Å². The lowest BCUT2D eigenvalue weighted by molar-refractivity contribution is 0.112. The molecule has 4 aromatic rings. The zero-order chi connectivity index (χ0) is 21.3. The fourth-order valence-electron chi connectivity index (χ4n) is 3.54. The van der Waals surface area contributed by atoms with Crippen LogP contribution in [0, 0.1) is 6.92 Å². The van der Waals surface area contributed by atoms with Crippen molar-refractivity contribution in [2.24, 2.45) is 4.99 Å². The molecule has 4 rings (SSSR count). The van der Waals surface area contributed by atoms with Crippen LogP contribution in [0.1, 0.15) is 27.0 Å². The summed E-state index contributed by atoms with van der Waals surface area (Å²) < 4.78 is 10.6. The summed E-state index contributed by atoms with van der Waals surface area (Å²) in [6.45, 7) is 2.18. The quantitative estimate of drug-likeness (QED) is 0.232. The standard InChI is InChI=1S/C24H19NO5/c1-14-8-21(27)30-24-19(14)6-7-20-22(24)17(13-26)10-16(23(20)28)12-25-11-15-4-3-5-18(9-15)29-2/h3-10,12-13,28H,11H2,1-2H3. The Morgan fingerprint density at radius 3 is 2.67 bits per heavy atom. The fraction of sp³-hybridized carbons (Fsp3) is 0.125. The van der Waals surface area contributed by atoms with E-state index >= 15 is 0 Å². The highest BCUT2D eigenvalue weighted by molar-refractivity contribution is 6.15. The topological polar surface area (TPSA) is 89.1 Å². The summed E-state index contributed by atoms with van der Waals surface area (Å²) in [7, 11) is 1.60. The number of rotatable bonds is 5. The number of aliphatic imine (C=N–C) groups is 1. The van der Waals surface area contributed by atoms with Gasteiger partial charge in [-0.1, -0.05) is 18.2 Å². The van der Waals surface area contributed by atoms with E-state index in [-0.39, 0.29) is 11.3 Å². The van der Waals surface area contributed by atoms with Crippen molar-refractivity contribution in [2.75, 3.05) is 7.11 Å². The van der Waals surface area contributed by atoms with Gasteiger partial charge in [-0.15, -0.1) is 0 Å². The van der Waals surface area contributed by atoms with Gasteiger partial charge in [0.05, 0.1) is 13.7 Å². The van der Waals surface area contributed by atoms with Gasteiger partial charge in [-0.2, -0.15) is 0 Å². The molecule has 1 N–H and O–H groups in total. The summed E-state index contributed by atoms with van der Waals surface area (Å²) >= 11 is 0. The van der Waals surface area contributed by atoms with Gasteiger partial charge in [0.25, 0.3) is 0 Å². The van der Waals surface area contributed by atoms with Crippen LogP contribution < -0.4 is 10.4 Å². The van der Waals surface area contributed by atoms with Crippen molar-refractivity contribution in [1.29, 1.82) is 0 Å². The Labute approximate surface area is 172 Å². The highest BCUT2D eigenvalue weighted by Gasteiger charge is 2.16. The summed E-state index contributed by atoms with van der Waals surface area (Å²) in [5.41, 5.74) is 2.18. The Kier molecular flexibility index (Phi) is 5.06. The van der Waals surface area contributed by atoms with E-state index in [2.05, 4.69) is 4.99 Å². The van der Waals surface area contributed by atoms with Gasteiger partial charge >= 0.3 is 5.63 Å². The van der Waals surface area contributed by atoms with E-state index in [0.29, 0.717) is 40.1 Å². The van der Waals surface area contributed by atoms with E-state index in [1.54, 1.807) is 32.2 Å². The molecule has 0 fully saturated rings. The molecule has 0 amide bonds. The average molecular weight is 401 g/mol. The monoisotopic (exact) mass is 401 g/mol. The molecule has 0 atom stereocenters. The molecular formula is C24H19NO5. The molecule has 6 heteroatoms.